The molecule has 0 radical (unpaired) electrons. The van der Waals surface area contributed by atoms with Gasteiger partial charge < -0.3 is 16.8 Å². The number of benzene rings is 1. The van der Waals surface area contributed by atoms with Crippen LogP contribution < -0.4 is 16.8 Å². The van der Waals surface area contributed by atoms with E-state index in [-0.39, 0.29) is 5.11 Å². The Morgan fingerprint density at radius 1 is 1.50 bits per heavy atom. The third kappa shape index (κ3) is 1.75. The Morgan fingerprint density at radius 3 is 3.00 bits per heavy atom. The molecule has 0 amide bonds. The molecule has 0 fully saturated rings. The first-order valence-corrected chi connectivity index (χ1v) is 5.10. The molecule has 0 unspecified atom stereocenters. The molecule has 0 saturated carbocycles. The molecule has 5 N–H and O–H groups in total. The summed E-state index contributed by atoms with van der Waals surface area (Å²) >= 11 is 6.18. The molecule has 0 atom stereocenters. The Balaban J connectivity index is 2.45. The van der Waals surface area contributed by atoms with Gasteiger partial charge in [0.2, 0.25) is 0 Å². The van der Waals surface area contributed by atoms with Crippen molar-refractivity contribution in [1.82, 2.24) is 4.98 Å². The van der Waals surface area contributed by atoms with E-state index in [1.165, 1.54) is 11.3 Å². The number of hydrogen-bond donors (Lipinski definition) is 3. The van der Waals surface area contributed by atoms with E-state index in [0.29, 0.717) is 5.13 Å². The minimum absolute atomic E-state index is 0.243. The van der Waals surface area contributed by atoms with Crippen LogP contribution in [0.5, 0.6) is 0 Å². The molecule has 2 rings (SSSR count). The van der Waals surface area contributed by atoms with E-state index >= 15 is 0 Å². The van der Waals surface area contributed by atoms with Gasteiger partial charge in [0.1, 0.15) is 0 Å². The van der Waals surface area contributed by atoms with Crippen LogP contribution in [0.3, 0.4) is 0 Å². The number of aromatic nitrogens is 1. The SMILES string of the molecule is NC(=S)Nc1ccc2sc(N)nc2c1. The van der Waals surface area contributed by atoms with Crippen molar-refractivity contribution >= 4 is 49.7 Å². The summed E-state index contributed by atoms with van der Waals surface area (Å²) in [5, 5.41) is 3.64. The summed E-state index contributed by atoms with van der Waals surface area (Å²) in [6.07, 6.45) is 0. The number of rotatable bonds is 1. The van der Waals surface area contributed by atoms with Crippen molar-refractivity contribution in [3.63, 3.8) is 0 Å². The number of thiazole rings is 1. The molecule has 4 nitrogen and oxygen atoms in total. The Morgan fingerprint density at radius 2 is 2.29 bits per heavy atom. The minimum Gasteiger partial charge on any atom is -0.376 e. The Labute approximate surface area is 89.9 Å². The smallest absolute Gasteiger partial charge is 0.181 e. The summed E-state index contributed by atoms with van der Waals surface area (Å²) in [6, 6.07) is 5.68. The van der Waals surface area contributed by atoms with E-state index in [9.17, 15) is 0 Å². The lowest BCUT2D eigenvalue weighted by Crippen LogP contribution is -2.18. The number of nitrogens with zero attached hydrogens (tertiary/aromatic N) is 1. The van der Waals surface area contributed by atoms with E-state index in [0.717, 1.165) is 15.9 Å². The second-order valence-electron chi connectivity index (χ2n) is 2.72. The van der Waals surface area contributed by atoms with Gasteiger partial charge in [0.05, 0.1) is 10.2 Å². The van der Waals surface area contributed by atoms with Crippen molar-refractivity contribution in [2.75, 3.05) is 11.1 Å². The zero-order valence-corrected chi connectivity index (χ0v) is 8.78. The van der Waals surface area contributed by atoms with E-state index in [4.69, 9.17) is 23.7 Å². The molecule has 0 aliphatic carbocycles. The number of nitrogens with two attached hydrogens (primary N) is 2. The van der Waals surface area contributed by atoms with Gasteiger partial charge in [-0.1, -0.05) is 11.3 Å². The molecule has 6 heteroatoms. The lowest BCUT2D eigenvalue weighted by Gasteiger charge is -2.01. The van der Waals surface area contributed by atoms with Gasteiger partial charge in [0.25, 0.3) is 0 Å². The van der Waals surface area contributed by atoms with Crippen molar-refractivity contribution in [2.45, 2.75) is 0 Å². The normalized spacial score (nSPS) is 10.3. The number of nitrogens with one attached hydrogen (secondary N) is 1. The number of nitrogen functional groups attached to an aromatic ring is 1. The quantitative estimate of drug-likeness (QED) is 0.640. The first-order valence-electron chi connectivity index (χ1n) is 3.87. The van der Waals surface area contributed by atoms with Gasteiger partial charge in [-0.25, -0.2) is 4.98 Å². The zero-order chi connectivity index (χ0) is 10.1. The first kappa shape index (κ1) is 9.17. The van der Waals surface area contributed by atoms with Crippen molar-refractivity contribution in [3.05, 3.63) is 18.2 Å². The average molecular weight is 224 g/mol. The van der Waals surface area contributed by atoms with Crippen molar-refractivity contribution in [1.29, 1.82) is 0 Å². The highest BCUT2D eigenvalue weighted by Gasteiger charge is 2.01. The summed E-state index contributed by atoms with van der Waals surface area (Å²) < 4.78 is 1.05. The second kappa shape index (κ2) is 3.39. The van der Waals surface area contributed by atoms with Gasteiger partial charge in [-0.15, -0.1) is 0 Å². The van der Waals surface area contributed by atoms with Crippen LogP contribution in [-0.2, 0) is 0 Å². The molecule has 72 valence electrons. The van der Waals surface area contributed by atoms with Crippen LogP contribution in [0.15, 0.2) is 18.2 Å². The molecule has 1 aromatic heterocycles. The van der Waals surface area contributed by atoms with E-state index in [1.54, 1.807) is 0 Å². The molecule has 1 aromatic carbocycles. The molecule has 0 aliphatic heterocycles. The molecular weight excluding hydrogens is 216 g/mol. The highest BCUT2D eigenvalue weighted by Crippen LogP contribution is 2.25. The van der Waals surface area contributed by atoms with Crippen LogP contribution in [0.1, 0.15) is 0 Å². The monoisotopic (exact) mass is 224 g/mol. The molecule has 1 heterocycles. The van der Waals surface area contributed by atoms with Crippen molar-refractivity contribution in [3.8, 4) is 0 Å². The molecule has 0 spiro atoms. The van der Waals surface area contributed by atoms with Crippen LogP contribution >= 0.6 is 23.6 Å². The Hall–Kier alpha value is -1.40. The first-order chi connectivity index (χ1) is 6.65. The molecule has 0 aliphatic rings. The summed E-state index contributed by atoms with van der Waals surface area (Å²) in [5.41, 5.74) is 12.6. The summed E-state index contributed by atoms with van der Waals surface area (Å²) in [4.78, 5) is 4.15. The fourth-order valence-electron chi connectivity index (χ4n) is 1.17. The maximum absolute atomic E-state index is 5.58. The number of anilines is 2. The van der Waals surface area contributed by atoms with Crippen LogP contribution in [0.2, 0.25) is 0 Å². The maximum Gasteiger partial charge on any atom is 0.181 e. The van der Waals surface area contributed by atoms with Crippen LogP contribution in [0.25, 0.3) is 10.2 Å². The topological polar surface area (TPSA) is 77.0 Å². The predicted molar refractivity (Wildman–Crippen MR) is 64.4 cm³/mol. The van der Waals surface area contributed by atoms with Gasteiger partial charge in [0, 0.05) is 5.69 Å². The average Bonchev–Trinajstić information content (AvgIpc) is 2.42. The largest absolute Gasteiger partial charge is 0.376 e. The number of fused-ring (bicyclic) bond motifs is 1. The lowest BCUT2D eigenvalue weighted by atomic mass is 10.3. The molecular formula is C8H8N4S2. The Kier molecular flexibility index (Phi) is 2.22. The molecule has 0 saturated heterocycles. The van der Waals surface area contributed by atoms with Gasteiger partial charge >= 0.3 is 0 Å². The third-order valence-electron chi connectivity index (χ3n) is 1.67. The third-order valence-corrected chi connectivity index (χ3v) is 2.64. The highest BCUT2D eigenvalue weighted by atomic mass is 32.1. The predicted octanol–water partition coefficient (Wildman–Crippen LogP) is 1.53. The summed E-state index contributed by atoms with van der Waals surface area (Å²) in [6.45, 7) is 0. The van der Waals surface area contributed by atoms with E-state index in [1.807, 2.05) is 18.2 Å². The fourth-order valence-corrected chi connectivity index (χ4v) is 2.00. The highest BCUT2D eigenvalue weighted by molar-refractivity contribution is 7.80. The van der Waals surface area contributed by atoms with Crippen molar-refractivity contribution < 1.29 is 0 Å². The second-order valence-corrected chi connectivity index (χ2v) is 4.23. The molecule has 14 heavy (non-hydrogen) atoms. The van der Waals surface area contributed by atoms with Crippen LogP contribution in [0.4, 0.5) is 10.8 Å². The van der Waals surface area contributed by atoms with Gasteiger partial charge in [-0.2, -0.15) is 0 Å². The van der Waals surface area contributed by atoms with Crippen LogP contribution in [0, 0.1) is 0 Å². The molecule has 2 aromatic rings. The van der Waals surface area contributed by atoms with Crippen molar-refractivity contribution in [2.24, 2.45) is 5.73 Å². The molecule has 0 bridgehead atoms. The fraction of sp³-hybridized carbons (Fsp3) is 0. The lowest BCUT2D eigenvalue weighted by molar-refractivity contribution is 1.49. The minimum atomic E-state index is 0.243. The van der Waals surface area contributed by atoms with E-state index in [2.05, 4.69) is 10.3 Å². The zero-order valence-electron chi connectivity index (χ0n) is 7.15. The van der Waals surface area contributed by atoms with E-state index < -0.39 is 0 Å². The van der Waals surface area contributed by atoms with Crippen LogP contribution in [-0.4, -0.2) is 10.1 Å². The number of hydrogen-bond acceptors (Lipinski definition) is 4. The maximum atomic E-state index is 5.58. The standard InChI is InChI=1S/C8H8N4S2/c9-7(13)11-4-1-2-6-5(3-4)12-8(10)14-6/h1-3H,(H2,10,12)(H3,9,11,13). The summed E-state index contributed by atoms with van der Waals surface area (Å²) in [5.74, 6) is 0. The van der Waals surface area contributed by atoms with Gasteiger partial charge in [-0.05, 0) is 30.4 Å². The van der Waals surface area contributed by atoms with Gasteiger partial charge in [0.15, 0.2) is 10.2 Å². The Bertz CT molecular complexity index is 491. The summed E-state index contributed by atoms with van der Waals surface area (Å²) in [7, 11) is 0. The van der Waals surface area contributed by atoms with Gasteiger partial charge in [-0.3, -0.25) is 0 Å². The number of thiocarbonyl (C=S) groups is 1.